The SMILES string of the molecule is CCNC(=NCc1c(CC)noc1CC)NCCc1cccc(Cl)c1. The van der Waals surface area contributed by atoms with Crippen LogP contribution in [0.4, 0.5) is 0 Å². The fraction of sp³-hybridized carbons (Fsp3) is 0.474. The molecule has 0 aliphatic carbocycles. The minimum atomic E-state index is 0.572. The number of aliphatic imine (C=N–C) groups is 1. The van der Waals surface area contributed by atoms with Gasteiger partial charge in [-0.1, -0.05) is 42.7 Å². The second kappa shape index (κ2) is 10.1. The summed E-state index contributed by atoms with van der Waals surface area (Å²) in [5.41, 5.74) is 3.31. The van der Waals surface area contributed by atoms with Crippen molar-refractivity contribution in [2.45, 2.75) is 46.6 Å². The molecule has 0 amide bonds. The highest BCUT2D eigenvalue weighted by Gasteiger charge is 2.13. The lowest BCUT2D eigenvalue weighted by Gasteiger charge is -2.11. The molecule has 2 aromatic rings. The summed E-state index contributed by atoms with van der Waals surface area (Å²) < 4.78 is 5.41. The first kappa shape index (κ1) is 19.3. The zero-order valence-corrected chi connectivity index (χ0v) is 16.0. The minimum Gasteiger partial charge on any atom is -0.361 e. The van der Waals surface area contributed by atoms with E-state index in [-0.39, 0.29) is 0 Å². The maximum Gasteiger partial charge on any atom is 0.191 e. The Morgan fingerprint density at radius 1 is 1.20 bits per heavy atom. The fourth-order valence-electron chi connectivity index (χ4n) is 2.63. The van der Waals surface area contributed by atoms with E-state index in [4.69, 9.17) is 21.1 Å². The smallest absolute Gasteiger partial charge is 0.191 e. The number of guanidine groups is 1. The standard InChI is InChI=1S/C19H27ClN4O/c1-4-17-16(18(5-2)25-24-17)13-23-19(21-6-3)22-11-10-14-8-7-9-15(20)12-14/h7-9,12H,4-6,10-11,13H2,1-3H3,(H2,21,22,23). The molecule has 2 rings (SSSR count). The number of hydrogen-bond donors (Lipinski definition) is 2. The number of aromatic nitrogens is 1. The maximum atomic E-state index is 6.03. The molecule has 0 fully saturated rings. The minimum absolute atomic E-state index is 0.572. The molecule has 0 bridgehead atoms. The third-order valence-corrected chi connectivity index (χ3v) is 4.18. The number of halogens is 1. The largest absolute Gasteiger partial charge is 0.361 e. The summed E-state index contributed by atoms with van der Waals surface area (Å²) >= 11 is 6.03. The Labute approximate surface area is 154 Å². The average Bonchev–Trinajstić information content (AvgIpc) is 3.01. The summed E-state index contributed by atoms with van der Waals surface area (Å²) in [6, 6.07) is 7.93. The van der Waals surface area contributed by atoms with Gasteiger partial charge in [0.25, 0.3) is 0 Å². The van der Waals surface area contributed by atoms with Gasteiger partial charge in [-0.2, -0.15) is 0 Å². The fourth-order valence-corrected chi connectivity index (χ4v) is 2.85. The van der Waals surface area contributed by atoms with Crippen molar-refractivity contribution in [1.82, 2.24) is 15.8 Å². The van der Waals surface area contributed by atoms with Crippen LogP contribution in [0.1, 0.15) is 43.4 Å². The van der Waals surface area contributed by atoms with Gasteiger partial charge in [-0.25, -0.2) is 4.99 Å². The van der Waals surface area contributed by atoms with Gasteiger partial charge in [0.05, 0.1) is 12.2 Å². The molecule has 25 heavy (non-hydrogen) atoms. The van der Waals surface area contributed by atoms with Crippen molar-refractivity contribution in [2.24, 2.45) is 4.99 Å². The van der Waals surface area contributed by atoms with Crippen LogP contribution in [-0.4, -0.2) is 24.2 Å². The Morgan fingerprint density at radius 3 is 2.72 bits per heavy atom. The van der Waals surface area contributed by atoms with Crippen molar-refractivity contribution in [3.8, 4) is 0 Å². The van der Waals surface area contributed by atoms with Crippen molar-refractivity contribution >= 4 is 17.6 Å². The lowest BCUT2D eigenvalue weighted by molar-refractivity contribution is 0.380. The molecule has 1 aromatic heterocycles. The van der Waals surface area contributed by atoms with Gasteiger partial charge in [0.1, 0.15) is 5.76 Å². The third-order valence-electron chi connectivity index (χ3n) is 3.94. The Morgan fingerprint density at radius 2 is 2.04 bits per heavy atom. The van der Waals surface area contributed by atoms with Crippen LogP contribution in [0.25, 0.3) is 0 Å². The van der Waals surface area contributed by atoms with Crippen LogP contribution in [0, 0.1) is 0 Å². The normalized spacial score (nSPS) is 11.6. The first-order valence-corrected chi connectivity index (χ1v) is 9.28. The molecule has 0 atom stereocenters. The molecule has 1 aromatic carbocycles. The molecular weight excluding hydrogens is 336 g/mol. The highest BCUT2D eigenvalue weighted by molar-refractivity contribution is 6.30. The molecule has 0 saturated heterocycles. The van der Waals surface area contributed by atoms with Crippen LogP contribution in [-0.2, 0) is 25.8 Å². The Bertz CT molecular complexity index is 675. The van der Waals surface area contributed by atoms with Crippen LogP contribution in [0.5, 0.6) is 0 Å². The van der Waals surface area contributed by atoms with E-state index >= 15 is 0 Å². The summed E-state index contributed by atoms with van der Waals surface area (Å²) in [5, 5.41) is 11.6. The second-order valence-electron chi connectivity index (χ2n) is 5.74. The highest BCUT2D eigenvalue weighted by atomic mass is 35.5. The van der Waals surface area contributed by atoms with Crippen molar-refractivity contribution in [1.29, 1.82) is 0 Å². The molecule has 0 aliphatic heterocycles. The van der Waals surface area contributed by atoms with E-state index in [1.807, 2.05) is 18.2 Å². The van der Waals surface area contributed by atoms with Crippen LogP contribution in [0.2, 0.25) is 5.02 Å². The van der Waals surface area contributed by atoms with E-state index in [1.54, 1.807) is 0 Å². The molecule has 2 N–H and O–H groups in total. The zero-order chi connectivity index (χ0) is 18.1. The van der Waals surface area contributed by atoms with E-state index in [0.29, 0.717) is 6.54 Å². The van der Waals surface area contributed by atoms with Gasteiger partial charge in [0.15, 0.2) is 5.96 Å². The Kier molecular flexibility index (Phi) is 7.79. The predicted octanol–water partition coefficient (Wildman–Crippen LogP) is 3.75. The van der Waals surface area contributed by atoms with Gasteiger partial charge in [-0.3, -0.25) is 0 Å². The first-order valence-electron chi connectivity index (χ1n) is 8.90. The number of benzene rings is 1. The summed E-state index contributed by atoms with van der Waals surface area (Å²) in [5.74, 6) is 1.73. The third kappa shape index (κ3) is 5.78. The number of hydrogen-bond acceptors (Lipinski definition) is 3. The first-order chi connectivity index (χ1) is 12.2. The zero-order valence-electron chi connectivity index (χ0n) is 15.2. The molecular formula is C19H27ClN4O. The van der Waals surface area contributed by atoms with Crippen molar-refractivity contribution in [2.75, 3.05) is 13.1 Å². The molecule has 0 saturated carbocycles. The maximum absolute atomic E-state index is 6.03. The molecule has 0 aliphatic rings. The quantitative estimate of drug-likeness (QED) is 0.554. The Hall–Kier alpha value is -2.01. The second-order valence-corrected chi connectivity index (χ2v) is 6.18. The lowest BCUT2D eigenvalue weighted by atomic mass is 10.1. The molecule has 1 heterocycles. The van der Waals surface area contributed by atoms with E-state index < -0.39 is 0 Å². The Balaban J connectivity index is 1.97. The van der Waals surface area contributed by atoms with E-state index in [9.17, 15) is 0 Å². The topological polar surface area (TPSA) is 62.5 Å². The lowest BCUT2D eigenvalue weighted by Crippen LogP contribution is -2.38. The predicted molar refractivity (Wildman–Crippen MR) is 103 cm³/mol. The summed E-state index contributed by atoms with van der Waals surface area (Å²) in [7, 11) is 0. The molecule has 5 nitrogen and oxygen atoms in total. The van der Waals surface area contributed by atoms with E-state index in [0.717, 1.165) is 60.4 Å². The van der Waals surface area contributed by atoms with Gasteiger partial charge < -0.3 is 15.2 Å². The number of nitrogens with one attached hydrogen (secondary N) is 2. The molecule has 0 radical (unpaired) electrons. The summed E-state index contributed by atoms with van der Waals surface area (Å²) in [6.07, 6.45) is 2.57. The van der Waals surface area contributed by atoms with Crippen molar-refractivity contribution in [3.05, 3.63) is 51.9 Å². The van der Waals surface area contributed by atoms with Crippen LogP contribution < -0.4 is 10.6 Å². The van der Waals surface area contributed by atoms with E-state index in [2.05, 4.69) is 42.6 Å². The van der Waals surface area contributed by atoms with E-state index in [1.165, 1.54) is 5.56 Å². The van der Waals surface area contributed by atoms with Crippen LogP contribution in [0.3, 0.4) is 0 Å². The average molecular weight is 363 g/mol. The summed E-state index contributed by atoms with van der Waals surface area (Å²) in [4.78, 5) is 4.69. The van der Waals surface area contributed by atoms with Crippen molar-refractivity contribution in [3.63, 3.8) is 0 Å². The van der Waals surface area contributed by atoms with Crippen LogP contribution >= 0.6 is 11.6 Å². The highest BCUT2D eigenvalue weighted by Crippen LogP contribution is 2.16. The molecule has 0 unspecified atom stereocenters. The molecule has 0 spiro atoms. The van der Waals surface area contributed by atoms with Gasteiger partial charge >= 0.3 is 0 Å². The number of aryl methyl sites for hydroxylation is 2. The van der Waals surface area contributed by atoms with Crippen molar-refractivity contribution < 1.29 is 4.52 Å². The monoisotopic (exact) mass is 362 g/mol. The number of rotatable bonds is 8. The molecule has 6 heteroatoms. The van der Waals surface area contributed by atoms with Crippen LogP contribution in [0.15, 0.2) is 33.8 Å². The van der Waals surface area contributed by atoms with Gasteiger partial charge in [-0.05, 0) is 37.5 Å². The van der Waals surface area contributed by atoms with Gasteiger partial charge in [0, 0.05) is 30.1 Å². The van der Waals surface area contributed by atoms with Gasteiger partial charge in [-0.15, -0.1) is 0 Å². The van der Waals surface area contributed by atoms with Gasteiger partial charge in [0.2, 0.25) is 0 Å². The number of nitrogens with zero attached hydrogens (tertiary/aromatic N) is 2. The molecule has 136 valence electrons. The summed E-state index contributed by atoms with van der Waals surface area (Å²) in [6.45, 7) is 8.39.